The molecule has 0 bridgehead atoms. The number of aromatic nitrogens is 2. The summed E-state index contributed by atoms with van der Waals surface area (Å²) in [6.07, 6.45) is 0. The van der Waals surface area contributed by atoms with Gasteiger partial charge in [0.05, 0.1) is 23.6 Å². The fourth-order valence-corrected chi connectivity index (χ4v) is 1.47. The summed E-state index contributed by atoms with van der Waals surface area (Å²) in [5.41, 5.74) is 3.04. The molecule has 0 amide bonds. The van der Waals surface area contributed by atoms with Gasteiger partial charge in [0.25, 0.3) is 6.02 Å². The van der Waals surface area contributed by atoms with Crippen LogP contribution in [0.15, 0.2) is 4.99 Å². The molecule has 1 aliphatic rings. The average Bonchev–Trinajstić information content (AvgIpc) is 2.71. The van der Waals surface area contributed by atoms with Gasteiger partial charge in [-0.05, 0) is 13.8 Å². The van der Waals surface area contributed by atoms with Gasteiger partial charge in [-0.15, -0.1) is 0 Å². The number of nitrogens with one attached hydrogen (secondary N) is 1. The highest BCUT2D eigenvalue weighted by Gasteiger charge is 2.13. The predicted octanol–water partition coefficient (Wildman–Crippen LogP) is 0.835. The molecule has 2 heterocycles. The van der Waals surface area contributed by atoms with Gasteiger partial charge in [0, 0.05) is 7.05 Å². The van der Waals surface area contributed by atoms with Gasteiger partial charge in [-0.2, -0.15) is 5.10 Å². The third kappa shape index (κ3) is 1.45. The predicted molar refractivity (Wildman–Crippen MR) is 54.6 cm³/mol. The molecule has 0 fully saturated rings. The van der Waals surface area contributed by atoms with Gasteiger partial charge < -0.3 is 10.1 Å². The van der Waals surface area contributed by atoms with E-state index in [4.69, 9.17) is 4.74 Å². The molecule has 0 aliphatic carbocycles. The van der Waals surface area contributed by atoms with Gasteiger partial charge in [0.1, 0.15) is 6.61 Å². The Morgan fingerprint density at radius 1 is 1.43 bits per heavy atom. The molecule has 0 unspecified atom stereocenters. The van der Waals surface area contributed by atoms with Crippen LogP contribution in [0.25, 0.3) is 0 Å². The summed E-state index contributed by atoms with van der Waals surface area (Å²) in [6, 6.07) is 0.601. The molecule has 1 aliphatic heterocycles. The number of anilines is 1. The van der Waals surface area contributed by atoms with Crippen molar-refractivity contribution in [3.63, 3.8) is 0 Å². The van der Waals surface area contributed by atoms with Crippen LogP contribution >= 0.6 is 0 Å². The minimum absolute atomic E-state index is 0.601. The van der Waals surface area contributed by atoms with Crippen LogP contribution in [0.1, 0.15) is 11.4 Å². The lowest BCUT2D eigenvalue weighted by molar-refractivity contribution is 0.346. The van der Waals surface area contributed by atoms with Gasteiger partial charge in [-0.1, -0.05) is 0 Å². The molecule has 14 heavy (non-hydrogen) atoms. The van der Waals surface area contributed by atoms with Crippen molar-refractivity contribution in [2.24, 2.45) is 12.0 Å². The van der Waals surface area contributed by atoms with Crippen molar-refractivity contribution in [3.8, 4) is 0 Å². The Kier molecular flexibility index (Phi) is 2.15. The maximum absolute atomic E-state index is 5.28. The third-order valence-corrected chi connectivity index (χ3v) is 2.33. The van der Waals surface area contributed by atoms with Crippen molar-refractivity contribution in [2.45, 2.75) is 13.8 Å². The van der Waals surface area contributed by atoms with Gasteiger partial charge in [0.2, 0.25) is 0 Å². The molecule has 1 aromatic rings. The van der Waals surface area contributed by atoms with Crippen LogP contribution in [0.3, 0.4) is 0 Å². The van der Waals surface area contributed by atoms with Crippen LogP contribution < -0.4 is 5.32 Å². The van der Waals surface area contributed by atoms with Crippen molar-refractivity contribution >= 4 is 11.7 Å². The number of amidine groups is 1. The molecule has 0 spiro atoms. The maximum atomic E-state index is 5.28. The summed E-state index contributed by atoms with van der Waals surface area (Å²) in [7, 11) is 1.92. The summed E-state index contributed by atoms with van der Waals surface area (Å²) in [6.45, 7) is 5.38. The molecule has 0 saturated heterocycles. The van der Waals surface area contributed by atoms with E-state index in [0.29, 0.717) is 12.6 Å². The van der Waals surface area contributed by atoms with Crippen molar-refractivity contribution in [1.82, 2.24) is 9.78 Å². The van der Waals surface area contributed by atoms with E-state index in [1.54, 1.807) is 0 Å². The highest BCUT2D eigenvalue weighted by molar-refractivity contribution is 5.91. The number of hydrogen-bond donors (Lipinski definition) is 1. The highest BCUT2D eigenvalue weighted by Crippen LogP contribution is 2.18. The minimum atomic E-state index is 0.601. The highest BCUT2D eigenvalue weighted by atomic mass is 16.5. The first kappa shape index (κ1) is 9.05. The molecule has 2 rings (SSSR count). The van der Waals surface area contributed by atoms with E-state index >= 15 is 0 Å². The first-order chi connectivity index (χ1) is 6.68. The van der Waals surface area contributed by atoms with Crippen LogP contribution in [0.2, 0.25) is 0 Å². The summed E-state index contributed by atoms with van der Waals surface area (Å²) in [5.74, 6) is 0. The molecule has 76 valence electrons. The van der Waals surface area contributed by atoms with Crippen LogP contribution in [-0.4, -0.2) is 29.0 Å². The number of aryl methyl sites for hydroxylation is 2. The molecule has 0 saturated carbocycles. The van der Waals surface area contributed by atoms with Gasteiger partial charge in [0.15, 0.2) is 0 Å². The van der Waals surface area contributed by atoms with Crippen LogP contribution in [0.4, 0.5) is 5.69 Å². The second kappa shape index (κ2) is 3.32. The molecule has 5 nitrogen and oxygen atoms in total. The minimum Gasteiger partial charge on any atom is -0.463 e. The number of rotatable bonds is 1. The third-order valence-electron chi connectivity index (χ3n) is 2.33. The Morgan fingerprint density at radius 3 is 2.71 bits per heavy atom. The fourth-order valence-electron chi connectivity index (χ4n) is 1.47. The van der Waals surface area contributed by atoms with Crippen LogP contribution in [-0.2, 0) is 11.8 Å². The maximum Gasteiger partial charge on any atom is 0.289 e. The number of ether oxygens (including phenoxy) is 1. The Bertz CT molecular complexity index is 380. The van der Waals surface area contributed by atoms with E-state index < -0.39 is 0 Å². The van der Waals surface area contributed by atoms with E-state index in [9.17, 15) is 0 Å². The normalized spacial score (nSPS) is 15.2. The lowest BCUT2D eigenvalue weighted by atomic mass is 10.3. The zero-order valence-electron chi connectivity index (χ0n) is 8.66. The summed E-state index contributed by atoms with van der Waals surface area (Å²) < 4.78 is 7.12. The van der Waals surface area contributed by atoms with E-state index in [1.165, 1.54) is 0 Å². The second-order valence-corrected chi connectivity index (χ2v) is 3.33. The van der Waals surface area contributed by atoms with Crippen molar-refractivity contribution in [3.05, 3.63) is 11.4 Å². The van der Waals surface area contributed by atoms with Gasteiger partial charge in [-0.25, -0.2) is 4.99 Å². The summed E-state index contributed by atoms with van der Waals surface area (Å²) in [4.78, 5) is 4.17. The number of hydrogen-bond acceptors (Lipinski definition) is 4. The zero-order valence-corrected chi connectivity index (χ0v) is 8.66. The first-order valence-corrected chi connectivity index (χ1v) is 4.63. The Hall–Kier alpha value is -1.52. The van der Waals surface area contributed by atoms with Crippen molar-refractivity contribution in [2.75, 3.05) is 18.5 Å². The molecule has 1 N–H and O–H groups in total. The lowest BCUT2D eigenvalue weighted by Crippen LogP contribution is -2.13. The van der Waals surface area contributed by atoms with E-state index in [2.05, 4.69) is 15.4 Å². The standard InChI is InChI=1S/C9H14N4O/c1-6-8(7(2)13(3)12-6)11-9-10-4-5-14-9/h4-5H2,1-3H3,(H,10,11). The van der Waals surface area contributed by atoms with Gasteiger partial charge >= 0.3 is 0 Å². The number of nitrogens with zero attached hydrogens (tertiary/aromatic N) is 3. The van der Waals surface area contributed by atoms with E-state index in [-0.39, 0.29) is 0 Å². The van der Waals surface area contributed by atoms with Crippen LogP contribution in [0.5, 0.6) is 0 Å². The van der Waals surface area contributed by atoms with E-state index in [1.807, 2.05) is 25.6 Å². The van der Waals surface area contributed by atoms with E-state index in [0.717, 1.165) is 23.6 Å². The SMILES string of the molecule is Cc1nn(C)c(C)c1NC1=NCCO1. The Morgan fingerprint density at radius 2 is 2.21 bits per heavy atom. The largest absolute Gasteiger partial charge is 0.463 e. The monoisotopic (exact) mass is 194 g/mol. The summed E-state index contributed by atoms with van der Waals surface area (Å²) >= 11 is 0. The zero-order chi connectivity index (χ0) is 10.1. The molecular formula is C9H14N4O. The molecule has 0 atom stereocenters. The average molecular weight is 194 g/mol. The van der Waals surface area contributed by atoms with Gasteiger partial charge in [-0.3, -0.25) is 4.68 Å². The summed E-state index contributed by atoms with van der Waals surface area (Å²) in [5, 5.41) is 7.44. The number of aliphatic imine (C=N–C) groups is 1. The second-order valence-electron chi connectivity index (χ2n) is 3.33. The molecule has 5 heteroatoms. The van der Waals surface area contributed by atoms with Crippen molar-refractivity contribution in [1.29, 1.82) is 0 Å². The first-order valence-electron chi connectivity index (χ1n) is 4.63. The molecular weight excluding hydrogens is 180 g/mol. The topological polar surface area (TPSA) is 51.4 Å². The smallest absolute Gasteiger partial charge is 0.289 e. The quantitative estimate of drug-likeness (QED) is 0.720. The molecule has 1 aromatic heterocycles. The fraction of sp³-hybridized carbons (Fsp3) is 0.556. The van der Waals surface area contributed by atoms with Crippen LogP contribution in [0, 0.1) is 13.8 Å². The molecule has 0 aromatic carbocycles. The Labute approximate surface area is 82.8 Å². The molecule has 0 radical (unpaired) electrons. The lowest BCUT2D eigenvalue weighted by Gasteiger charge is -2.05. The van der Waals surface area contributed by atoms with Crippen molar-refractivity contribution < 1.29 is 4.74 Å². The Balaban J connectivity index is 2.23.